The highest BCUT2D eigenvalue weighted by atomic mass is 19.1. The molecule has 4 saturated carbocycles. The molecule has 0 atom stereocenters. The summed E-state index contributed by atoms with van der Waals surface area (Å²) < 4.78 is 16.4. The average molecular weight is 371 g/mol. The van der Waals surface area contributed by atoms with E-state index in [0.29, 0.717) is 0 Å². The average Bonchev–Trinajstić information content (AvgIpc) is 3.05. The van der Waals surface area contributed by atoms with Crippen LogP contribution >= 0.6 is 0 Å². The number of rotatable bonds is 1. The van der Waals surface area contributed by atoms with Crippen molar-refractivity contribution in [3.8, 4) is 0 Å². The topological polar surface area (TPSA) is 30.2 Å². The summed E-state index contributed by atoms with van der Waals surface area (Å²) in [5.41, 5.74) is 3.91. The molecule has 4 aromatic rings. The Kier molecular flexibility index (Phi) is 2.81. The van der Waals surface area contributed by atoms with Gasteiger partial charge in [0.05, 0.1) is 16.6 Å². The summed E-state index contributed by atoms with van der Waals surface area (Å²) in [5, 5.41) is 0.936. The molecule has 8 rings (SSSR count). The SMILES string of the molecule is Fc1ccc2c(c1)nc(C13CC4CC(CC(C4)C1)C3)n1c3ccccc3nc21. The third-order valence-corrected chi connectivity index (χ3v) is 7.71. The lowest BCUT2D eigenvalue weighted by Gasteiger charge is -2.56. The minimum Gasteiger partial charge on any atom is -0.279 e. The number of hydrogen-bond donors (Lipinski definition) is 0. The van der Waals surface area contributed by atoms with Gasteiger partial charge in [0.2, 0.25) is 0 Å². The van der Waals surface area contributed by atoms with Crippen molar-refractivity contribution in [3.63, 3.8) is 0 Å². The molecule has 4 aliphatic carbocycles. The third kappa shape index (κ3) is 1.93. The fraction of sp³-hybridized carbons (Fsp3) is 0.417. The first-order chi connectivity index (χ1) is 13.7. The van der Waals surface area contributed by atoms with Gasteiger partial charge < -0.3 is 0 Å². The molecule has 4 fully saturated rings. The molecule has 0 aliphatic heterocycles. The Morgan fingerprint density at radius 1 is 0.857 bits per heavy atom. The second-order valence-electron chi connectivity index (χ2n) is 9.55. The van der Waals surface area contributed by atoms with E-state index in [1.807, 2.05) is 12.1 Å². The summed E-state index contributed by atoms with van der Waals surface area (Å²) in [4.78, 5) is 10.1. The first kappa shape index (κ1) is 15.4. The maximum Gasteiger partial charge on any atom is 0.148 e. The number of imidazole rings is 1. The van der Waals surface area contributed by atoms with E-state index in [-0.39, 0.29) is 11.2 Å². The van der Waals surface area contributed by atoms with Crippen LogP contribution in [0.4, 0.5) is 4.39 Å². The quantitative estimate of drug-likeness (QED) is 0.433. The molecule has 0 saturated heterocycles. The number of aromatic nitrogens is 3. The van der Waals surface area contributed by atoms with E-state index in [4.69, 9.17) is 9.97 Å². The fourth-order valence-corrected chi connectivity index (χ4v) is 7.11. The van der Waals surface area contributed by atoms with Gasteiger partial charge in [-0.2, -0.15) is 0 Å². The lowest BCUT2D eigenvalue weighted by Crippen LogP contribution is -2.49. The van der Waals surface area contributed by atoms with Gasteiger partial charge in [-0.15, -0.1) is 0 Å². The summed E-state index contributed by atoms with van der Waals surface area (Å²) in [7, 11) is 0. The van der Waals surface area contributed by atoms with Crippen LogP contribution in [0.2, 0.25) is 0 Å². The van der Waals surface area contributed by atoms with E-state index >= 15 is 0 Å². The van der Waals surface area contributed by atoms with Gasteiger partial charge >= 0.3 is 0 Å². The summed E-state index contributed by atoms with van der Waals surface area (Å²) in [5.74, 6) is 3.41. The maximum absolute atomic E-state index is 14.1. The van der Waals surface area contributed by atoms with Crippen LogP contribution in [0, 0.1) is 23.6 Å². The highest BCUT2D eigenvalue weighted by Gasteiger charge is 2.53. The van der Waals surface area contributed by atoms with Crippen molar-refractivity contribution in [1.29, 1.82) is 0 Å². The Labute approximate surface area is 162 Å². The van der Waals surface area contributed by atoms with Crippen LogP contribution in [0.25, 0.3) is 27.6 Å². The van der Waals surface area contributed by atoms with Crippen LogP contribution in [-0.2, 0) is 5.41 Å². The van der Waals surface area contributed by atoms with Gasteiger partial charge in [0.25, 0.3) is 0 Å². The van der Waals surface area contributed by atoms with Gasteiger partial charge in [0.1, 0.15) is 17.3 Å². The van der Waals surface area contributed by atoms with Crippen molar-refractivity contribution in [2.45, 2.75) is 43.9 Å². The minimum atomic E-state index is -0.225. The number of hydrogen-bond acceptors (Lipinski definition) is 2. The number of fused-ring (bicyclic) bond motifs is 5. The monoisotopic (exact) mass is 371 g/mol. The van der Waals surface area contributed by atoms with E-state index in [0.717, 1.165) is 51.2 Å². The Hall–Kier alpha value is -2.49. The first-order valence-corrected chi connectivity index (χ1v) is 10.6. The zero-order chi connectivity index (χ0) is 18.5. The van der Waals surface area contributed by atoms with Crippen molar-refractivity contribution in [2.75, 3.05) is 0 Å². The molecule has 0 N–H and O–H groups in total. The van der Waals surface area contributed by atoms with Crippen LogP contribution < -0.4 is 0 Å². The number of nitrogens with zero attached hydrogens (tertiary/aromatic N) is 3. The second-order valence-corrected chi connectivity index (χ2v) is 9.55. The van der Waals surface area contributed by atoms with Crippen LogP contribution in [0.15, 0.2) is 42.5 Å². The molecule has 28 heavy (non-hydrogen) atoms. The number of halogens is 1. The Balaban J connectivity index is 1.62. The molecule has 0 unspecified atom stereocenters. The van der Waals surface area contributed by atoms with Gasteiger partial charge in [-0.05, 0) is 80.5 Å². The van der Waals surface area contributed by atoms with Crippen LogP contribution in [0.3, 0.4) is 0 Å². The summed E-state index contributed by atoms with van der Waals surface area (Å²) in [6, 6.07) is 13.3. The Morgan fingerprint density at radius 2 is 1.57 bits per heavy atom. The molecule has 2 aromatic heterocycles. The van der Waals surface area contributed by atoms with E-state index in [1.54, 1.807) is 6.07 Å². The molecule has 2 aromatic carbocycles. The van der Waals surface area contributed by atoms with Crippen molar-refractivity contribution in [2.24, 2.45) is 17.8 Å². The molecule has 4 bridgehead atoms. The highest BCUT2D eigenvalue weighted by molar-refractivity contribution is 5.96. The molecular formula is C24H22FN3. The van der Waals surface area contributed by atoms with Gasteiger partial charge in [0.15, 0.2) is 0 Å². The molecular weight excluding hydrogens is 349 g/mol. The standard InChI is InChI=1S/C24H22FN3/c25-17-5-6-18-20(10-17)27-23(28-21-4-2-1-3-19(21)26-22(18)28)24-11-14-7-15(12-24)9-16(8-14)13-24/h1-6,10,14-16H,7-9,11-13H2. The van der Waals surface area contributed by atoms with Gasteiger partial charge in [-0.25, -0.2) is 14.4 Å². The molecule has 4 heteroatoms. The lowest BCUT2D eigenvalue weighted by molar-refractivity contribution is -0.00964. The first-order valence-electron chi connectivity index (χ1n) is 10.6. The molecule has 4 aliphatic rings. The van der Waals surface area contributed by atoms with Gasteiger partial charge in [-0.3, -0.25) is 4.40 Å². The zero-order valence-corrected chi connectivity index (χ0v) is 15.7. The normalized spacial score (nSPS) is 31.4. The summed E-state index contributed by atoms with van der Waals surface area (Å²) >= 11 is 0. The van der Waals surface area contributed by atoms with Crippen molar-refractivity contribution in [3.05, 3.63) is 54.1 Å². The fourth-order valence-electron chi connectivity index (χ4n) is 7.11. The molecule has 0 spiro atoms. The predicted octanol–water partition coefficient (Wildman–Crippen LogP) is 5.64. The molecule has 140 valence electrons. The molecule has 2 heterocycles. The largest absolute Gasteiger partial charge is 0.279 e. The van der Waals surface area contributed by atoms with E-state index in [2.05, 4.69) is 22.6 Å². The number of para-hydroxylation sites is 2. The summed E-state index contributed by atoms with van der Waals surface area (Å²) in [6.45, 7) is 0. The van der Waals surface area contributed by atoms with Crippen molar-refractivity contribution < 1.29 is 4.39 Å². The van der Waals surface area contributed by atoms with Crippen LogP contribution in [0.1, 0.15) is 44.3 Å². The van der Waals surface area contributed by atoms with E-state index < -0.39 is 0 Å². The minimum absolute atomic E-state index is 0.122. The molecule has 0 radical (unpaired) electrons. The predicted molar refractivity (Wildman–Crippen MR) is 108 cm³/mol. The zero-order valence-electron chi connectivity index (χ0n) is 15.7. The molecule has 0 amide bonds. The third-order valence-electron chi connectivity index (χ3n) is 7.71. The maximum atomic E-state index is 14.1. The second kappa shape index (κ2) is 5.11. The number of benzene rings is 2. The Bertz CT molecular complexity index is 1240. The summed E-state index contributed by atoms with van der Waals surface area (Å²) in [6.07, 6.45) is 7.89. The molecule has 3 nitrogen and oxygen atoms in total. The highest BCUT2D eigenvalue weighted by Crippen LogP contribution is 2.60. The van der Waals surface area contributed by atoms with Crippen LogP contribution in [-0.4, -0.2) is 14.4 Å². The van der Waals surface area contributed by atoms with Crippen LogP contribution in [0.5, 0.6) is 0 Å². The van der Waals surface area contributed by atoms with E-state index in [1.165, 1.54) is 44.6 Å². The van der Waals surface area contributed by atoms with Crippen molar-refractivity contribution in [1.82, 2.24) is 14.4 Å². The lowest BCUT2D eigenvalue weighted by atomic mass is 9.49. The van der Waals surface area contributed by atoms with Crippen molar-refractivity contribution >= 4 is 27.6 Å². The van der Waals surface area contributed by atoms with E-state index in [9.17, 15) is 4.39 Å². The smallest absolute Gasteiger partial charge is 0.148 e. The Morgan fingerprint density at radius 3 is 2.32 bits per heavy atom. The van der Waals surface area contributed by atoms with Gasteiger partial charge in [0, 0.05) is 16.9 Å². The van der Waals surface area contributed by atoms with Gasteiger partial charge in [-0.1, -0.05) is 12.1 Å².